The maximum absolute atomic E-state index is 12.3. The molecule has 1 aromatic carbocycles. The van der Waals surface area contributed by atoms with Crippen LogP contribution < -0.4 is 5.32 Å². The van der Waals surface area contributed by atoms with Crippen LogP contribution >= 0.6 is 11.8 Å². The minimum absolute atomic E-state index is 0.0658. The topological polar surface area (TPSA) is 98.3 Å². The van der Waals surface area contributed by atoms with Crippen LogP contribution in [-0.2, 0) is 16.0 Å². The molecule has 128 valence electrons. The zero-order valence-corrected chi connectivity index (χ0v) is 14.0. The molecule has 3 N–H and O–H groups in total. The largest absolute Gasteiger partial charge is 0.477 e. The monoisotopic (exact) mass is 356 g/mol. The third kappa shape index (κ3) is 2.89. The van der Waals surface area contributed by atoms with E-state index >= 15 is 0 Å². The predicted octanol–water partition coefficient (Wildman–Crippen LogP) is 1.66. The van der Waals surface area contributed by atoms with Gasteiger partial charge >= 0.3 is 5.97 Å². The predicted molar refractivity (Wildman–Crippen MR) is 94.1 cm³/mol. The molecule has 1 aromatic heterocycles. The summed E-state index contributed by atoms with van der Waals surface area (Å²) in [5.74, 6) is -0.214. The minimum Gasteiger partial charge on any atom is -0.477 e. The number of nitrogens with one attached hydrogen (secondary N) is 2. The number of carbonyl (C=O) groups is 2. The second-order valence-electron chi connectivity index (χ2n) is 5.87. The first kappa shape index (κ1) is 15.8. The van der Waals surface area contributed by atoms with Crippen molar-refractivity contribution in [1.29, 1.82) is 0 Å². The molecule has 1 unspecified atom stereocenters. The van der Waals surface area contributed by atoms with E-state index in [-0.39, 0.29) is 17.0 Å². The second-order valence-corrected chi connectivity index (χ2v) is 7.02. The number of carbonyl (C=O) groups excluding carboxylic acids is 1. The van der Waals surface area contributed by atoms with E-state index in [1.807, 2.05) is 30.3 Å². The number of aromatic nitrogens is 2. The molecule has 2 atom stereocenters. The molecular weight excluding hydrogens is 340 g/mol. The second kappa shape index (κ2) is 6.29. The van der Waals surface area contributed by atoms with E-state index < -0.39 is 12.0 Å². The number of hydrogen-bond acceptors (Lipinski definition) is 5. The number of imidazole rings is 1. The molecule has 0 saturated carbocycles. The smallest absolute Gasteiger partial charge is 0.352 e. The number of aliphatic carboxylic acids is 1. The molecule has 7 nitrogen and oxygen atoms in total. The molecule has 0 aliphatic carbocycles. The first-order chi connectivity index (χ1) is 12.1. The highest BCUT2D eigenvalue weighted by Crippen LogP contribution is 2.38. The molecule has 8 heteroatoms. The Morgan fingerprint density at radius 1 is 1.40 bits per heavy atom. The Labute approximate surface area is 148 Å². The Kier molecular flexibility index (Phi) is 3.96. The number of amides is 1. The number of carboxylic acids is 1. The van der Waals surface area contributed by atoms with Gasteiger partial charge in [0.25, 0.3) is 5.91 Å². The molecule has 3 heterocycles. The van der Waals surface area contributed by atoms with Crippen LogP contribution in [0.4, 0.5) is 5.95 Å². The number of anilines is 1. The van der Waals surface area contributed by atoms with E-state index in [1.54, 1.807) is 12.3 Å². The Bertz CT molecular complexity index is 849. The van der Waals surface area contributed by atoms with Crippen LogP contribution in [0.15, 0.2) is 48.3 Å². The van der Waals surface area contributed by atoms with Gasteiger partial charge in [0.15, 0.2) is 0 Å². The van der Waals surface area contributed by atoms with Gasteiger partial charge in [0, 0.05) is 17.9 Å². The van der Waals surface area contributed by atoms with Crippen LogP contribution in [0.1, 0.15) is 11.3 Å². The standard InChI is InChI=1S/C17H16N4O3S/c22-14-13(15-21(14)12(16(23)24)6-7-25-15)20-17-18-9-11(19-17)8-10-4-2-1-3-5-10/h1-6,9,13,15H,7-8H2,(H,23,24)(H2,18,19,20)/t13?,15-/m0/s1. The number of aromatic amines is 1. The first-order valence-electron chi connectivity index (χ1n) is 7.86. The lowest BCUT2D eigenvalue weighted by Gasteiger charge is -2.48. The molecule has 0 radical (unpaired) electrons. The quantitative estimate of drug-likeness (QED) is 0.705. The molecule has 1 saturated heterocycles. The zero-order chi connectivity index (χ0) is 17.4. The van der Waals surface area contributed by atoms with Crippen molar-refractivity contribution >= 4 is 29.6 Å². The summed E-state index contributed by atoms with van der Waals surface area (Å²) in [6.45, 7) is 0. The van der Waals surface area contributed by atoms with E-state index in [0.717, 1.165) is 12.1 Å². The van der Waals surface area contributed by atoms with Gasteiger partial charge in [-0.05, 0) is 11.6 Å². The van der Waals surface area contributed by atoms with E-state index in [2.05, 4.69) is 15.3 Å². The SMILES string of the molecule is O=C(O)C1=CCS[C@H]2C(Nc3ncc(Cc4ccccc4)[nH]3)C(=O)N12. The summed E-state index contributed by atoms with van der Waals surface area (Å²) in [5.41, 5.74) is 2.18. The molecule has 1 amide bonds. The van der Waals surface area contributed by atoms with Crippen LogP contribution in [0.25, 0.3) is 0 Å². The Morgan fingerprint density at radius 2 is 2.20 bits per heavy atom. The van der Waals surface area contributed by atoms with Crippen LogP contribution in [0, 0.1) is 0 Å². The van der Waals surface area contributed by atoms with Crippen molar-refractivity contribution in [3.63, 3.8) is 0 Å². The number of hydrogen-bond donors (Lipinski definition) is 3. The van der Waals surface area contributed by atoms with Crippen LogP contribution in [0.2, 0.25) is 0 Å². The molecule has 2 aromatic rings. The van der Waals surface area contributed by atoms with E-state index in [0.29, 0.717) is 11.7 Å². The van der Waals surface area contributed by atoms with Crippen molar-refractivity contribution in [2.45, 2.75) is 17.8 Å². The molecular formula is C17H16N4O3S. The Hall–Kier alpha value is -2.74. The summed E-state index contributed by atoms with van der Waals surface area (Å²) in [7, 11) is 0. The minimum atomic E-state index is -1.07. The third-order valence-corrected chi connectivity index (χ3v) is 5.41. The van der Waals surface area contributed by atoms with Gasteiger partial charge in [-0.3, -0.25) is 9.69 Å². The molecule has 0 bridgehead atoms. The van der Waals surface area contributed by atoms with E-state index in [1.165, 1.54) is 22.2 Å². The summed E-state index contributed by atoms with van der Waals surface area (Å²) in [5, 5.41) is 12.1. The molecule has 4 rings (SSSR count). The number of thioether (sulfide) groups is 1. The van der Waals surface area contributed by atoms with Gasteiger partial charge in [-0.2, -0.15) is 0 Å². The van der Waals surface area contributed by atoms with Crippen molar-refractivity contribution in [3.05, 3.63) is 59.6 Å². The summed E-state index contributed by atoms with van der Waals surface area (Å²) in [6, 6.07) is 9.56. The van der Waals surface area contributed by atoms with Gasteiger partial charge < -0.3 is 15.4 Å². The lowest BCUT2D eigenvalue weighted by molar-refractivity contribution is -0.147. The molecule has 2 aliphatic rings. The summed E-state index contributed by atoms with van der Waals surface area (Å²) in [6.07, 6.45) is 4.04. The number of rotatable bonds is 5. The fourth-order valence-electron chi connectivity index (χ4n) is 3.02. The average Bonchev–Trinajstić information content (AvgIpc) is 3.06. The number of β-lactam (4-membered cyclic amide) rings is 1. The lowest BCUT2D eigenvalue weighted by atomic mass is 10.1. The van der Waals surface area contributed by atoms with Gasteiger partial charge in [-0.1, -0.05) is 30.3 Å². The number of carboxylic acid groups (broad SMARTS) is 1. The number of nitrogens with zero attached hydrogens (tertiary/aromatic N) is 2. The van der Waals surface area contributed by atoms with Gasteiger partial charge in [0.2, 0.25) is 5.95 Å². The van der Waals surface area contributed by atoms with Crippen LogP contribution in [0.3, 0.4) is 0 Å². The lowest BCUT2D eigenvalue weighted by Crippen LogP contribution is -2.67. The maximum atomic E-state index is 12.3. The zero-order valence-electron chi connectivity index (χ0n) is 13.2. The maximum Gasteiger partial charge on any atom is 0.352 e. The fourth-order valence-corrected chi connectivity index (χ4v) is 4.22. The highest BCUT2D eigenvalue weighted by atomic mass is 32.2. The molecule has 1 fully saturated rings. The molecule has 0 spiro atoms. The average molecular weight is 356 g/mol. The highest BCUT2D eigenvalue weighted by Gasteiger charge is 2.52. The van der Waals surface area contributed by atoms with Crippen molar-refractivity contribution in [1.82, 2.24) is 14.9 Å². The van der Waals surface area contributed by atoms with E-state index in [4.69, 9.17) is 0 Å². The number of benzene rings is 1. The van der Waals surface area contributed by atoms with Crippen molar-refractivity contribution in [2.24, 2.45) is 0 Å². The van der Waals surface area contributed by atoms with Crippen molar-refractivity contribution < 1.29 is 14.7 Å². The van der Waals surface area contributed by atoms with E-state index in [9.17, 15) is 14.7 Å². The van der Waals surface area contributed by atoms with Crippen molar-refractivity contribution in [3.8, 4) is 0 Å². The summed E-state index contributed by atoms with van der Waals surface area (Å²) >= 11 is 1.54. The summed E-state index contributed by atoms with van der Waals surface area (Å²) < 4.78 is 0. The fraction of sp³-hybridized carbons (Fsp3) is 0.235. The normalized spacial score (nSPS) is 22.0. The number of fused-ring (bicyclic) bond motifs is 1. The molecule has 2 aliphatic heterocycles. The first-order valence-corrected chi connectivity index (χ1v) is 8.91. The number of H-pyrrole nitrogens is 1. The highest BCUT2D eigenvalue weighted by molar-refractivity contribution is 8.00. The van der Waals surface area contributed by atoms with Gasteiger partial charge in [0.1, 0.15) is 17.1 Å². The molecule has 25 heavy (non-hydrogen) atoms. The summed E-state index contributed by atoms with van der Waals surface area (Å²) in [4.78, 5) is 32.3. The van der Waals surface area contributed by atoms with Gasteiger partial charge in [-0.15, -0.1) is 11.8 Å². The van der Waals surface area contributed by atoms with Crippen molar-refractivity contribution in [2.75, 3.05) is 11.1 Å². The van der Waals surface area contributed by atoms with Crippen LogP contribution in [-0.4, -0.2) is 49.0 Å². The van der Waals surface area contributed by atoms with Gasteiger partial charge in [0.05, 0.1) is 6.20 Å². The van der Waals surface area contributed by atoms with Crippen LogP contribution in [0.5, 0.6) is 0 Å². The Balaban J connectivity index is 1.43. The Morgan fingerprint density at radius 3 is 2.96 bits per heavy atom. The third-order valence-electron chi connectivity index (χ3n) is 4.22. The van der Waals surface area contributed by atoms with Gasteiger partial charge in [-0.25, -0.2) is 9.78 Å².